The highest BCUT2D eigenvalue weighted by Crippen LogP contribution is 2.27. The van der Waals surface area contributed by atoms with E-state index in [1.54, 1.807) is 12.1 Å². The largest absolute Gasteiger partial charge is 0.507 e. The van der Waals surface area contributed by atoms with Gasteiger partial charge in [-0.1, -0.05) is 42.8 Å². The number of hydrogen-bond donors (Lipinski definition) is 1. The third-order valence-corrected chi connectivity index (χ3v) is 3.13. The Balaban J connectivity index is 2.40. The Labute approximate surface area is 107 Å². The van der Waals surface area contributed by atoms with E-state index in [4.69, 9.17) is 0 Å². The van der Waals surface area contributed by atoms with Gasteiger partial charge in [0, 0.05) is 6.42 Å². The second kappa shape index (κ2) is 5.21. The summed E-state index contributed by atoms with van der Waals surface area (Å²) in [7, 11) is 0. The number of aromatic hydroxyl groups is 1. The van der Waals surface area contributed by atoms with Gasteiger partial charge in [-0.3, -0.25) is 0 Å². The van der Waals surface area contributed by atoms with Crippen LogP contribution >= 0.6 is 0 Å². The maximum atomic E-state index is 13.6. The summed E-state index contributed by atoms with van der Waals surface area (Å²) >= 11 is 0. The van der Waals surface area contributed by atoms with Crippen LogP contribution in [-0.4, -0.2) is 5.11 Å². The lowest BCUT2D eigenvalue weighted by Crippen LogP contribution is -1.96. The van der Waals surface area contributed by atoms with E-state index in [1.165, 1.54) is 6.07 Å². The summed E-state index contributed by atoms with van der Waals surface area (Å²) in [5.74, 6) is 0.0720. The Morgan fingerprint density at radius 3 is 2.39 bits per heavy atom. The molecule has 18 heavy (non-hydrogen) atoms. The third-order valence-electron chi connectivity index (χ3n) is 3.13. The molecule has 0 aliphatic rings. The molecule has 0 bridgehead atoms. The van der Waals surface area contributed by atoms with Gasteiger partial charge < -0.3 is 5.11 Å². The van der Waals surface area contributed by atoms with Gasteiger partial charge in [-0.05, 0) is 36.1 Å². The molecule has 0 aliphatic carbocycles. The Bertz CT molecular complexity index is 561. The molecule has 0 aliphatic heterocycles. The van der Waals surface area contributed by atoms with Crippen LogP contribution in [0.2, 0.25) is 0 Å². The van der Waals surface area contributed by atoms with Crippen LogP contribution in [-0.2, 0) is 12.8 Å². The molecule has 2 aromatic carbocycles. The fraction of sp³-hybridized carbons (Fsp3) is 0.250. The predicted molar refractivity (Wildman–Crippen MR) is 71.4 cm³/mol. The van der Waals surface area contributed by atoms with Crippen LogP contribution in [0.4, 0.5) is 4.39 Å². The number of phenols is 1. The lowest BCUT2D eigenvalue weighted by Gasteiger charge is -2.11. The number of aryl methyl sites for hydroxylation is 2. The minimum Gasteiger partial charge on any atom is -0.507 e. The Hall–Kier alpha value is -1.83. The molecule has 0 saturated heterocycles. The van der Waals surface area contributed by atoms with Gasteiger partial charge in [0.2, 0.25) is 0 Å². The summed E-state index contributed by atoms with van der Waals surface area (Å²) in [4.78, 5) is 0. The van der Waals surface area contributed by atoms with Crippen LogP contribution < -0.4 is 0 Å². The monoisotopic (exact) mass is 244 g/mol. The first-order valence-electron chi connectivity index (χ1n) is 6.16. The summed E-state index contributed by atoms with van der Waals surface area (Å²) in [6.07, 6.45) is 1.20. The molecule has 94 valence electrons. The lowest BCUT2D eigenvalue weighted by molar-refractivity contribution is 0.462. The zero-order valence-corrected chi connectivity index (χ0v) is 10.7. The first-order chi connectivity index (χ1) is 8.61. The first-order valence-corrected chi connectivity index (χ1v) is 6.16. The minimum atomic E-state index is -0.226. The second-order valence-corrected chi connectivity index (χ2v) is 4.55. The van der Waals surface area contributed by atoms with Gasteiger partial charge >= 0.3 is 0 Å². The summed E-state index contributed by atoms with van der Waals surface area (Å²) in [6.45, 7) is 3.99. The van der Waals surface area contributed by atoms with E-state index in [-0.39, 0.29) is 5.82 Å². The summed E-state index contributed by atoms with van der Waals surface area (Å²) in [5.41, 5.74) is 3.41. The fourth-order valence-electron chi connectivity index (χ4n) is 2.19. The fourth-order valence-corrected chi connectivity index (χ4v) is 2.19. The SMILES string of the molecule is CCc1cc(C)cc(Cc2ccccc2F)c1O. The third kappa shape index (κ3) is 2.53. The quantitative estimate of drug-likeness (QED) is 0.865. The molecular weight excluding hydrogens is 227 g/mol. The molecule has 2 rings (SSSR count). The highest BCUT2D eigenvalue weighted by molar-refractivity contribution is 5.45. The molecule has 0 amide bonds. The maximum Gasteiger partial charge on any atom is 0.126 e. The predicted octanol–water partition coefficient (Wildman–Crippen LogP) is 3.99. The van der Waals surface area contributed by atoms with E-state index in [9.17, 15) is 9.50 Å². The molecule has 0 saturated carbocycles. The van der Waals surface area contributed by atoms with Crippen molar-refractivity contribution in [3.63, 3.8) is 0 Å². The average Bonchev–Trinajstić information content (AvgIpc) is 2.36. The number of phenolic OH excluding ortho intramolecular Hbond substituents is 1. The summed E-state index contributed by atoms with van der Waals surface area (Å²) < 4.78 is 13.6. The molecular formula is C16H17FO. The van der Waals surface area contributed by atoms with Crippen molar-refractivity contribution in [1.29, 1.82) is 0 Å². The van der Waals surface area contributed by atoms with Crippen LogP contribution in [0.1, 0.15) is 29.2 Å². The van der Waals surface area contributed by atoms with Gasteiger partial charge in [-0.2, -0.15) is 0 Å². The average molecular weight is 244 g/mol. The molecule has 0 heterocycles. The lowest BCUT2D eigenvalue weighted by atomic mass is 9.97. The van der Waals surface area contributed by atoms with Crippen LogP contribution in [0.5, 0.6) is 5.75 Å². The number of halogens is 1. The van der Waals surface area contributed by atoms with Crippen molar-refractivity contribution >= 4 is 0 Å². The van der Waals surface area contributed by atoms with E-state index >= 15 is 0 Å². The summed E-state index contributed by atoms with van der Waals surface area (Å²) in [6, 6.07) is 10.6. The van der Waals surface area contributed by atoms with Crippen molar-refractivity contribution < 1.29 is 9.50 Å². The molecule has 0 unspecified atom stereocenters. The van der Waals surface area contributed by atoms with Crippen molar-refractivity contribution in [2.75, 3.05) is 0 Å². The van der Waals surface area contributed by atoms with Crippen LogP contribution in [0.15, 0.2) is 36.4 Å². The molecule has 0 fully saturated rings. The zero-order valence-electron chi connectivity index (χ0n) is 10.7. The molecule has 0 aromatic heterocycles. The van der Waals surface area contributed by atoms with Crippen molar-refractivity contribution in [3.05, 3.63) is 64.5 Å². The van der Waals surface area contributed by atoms with E-state index < -0.39 is 0 Å². The van der Waals surface area contributed by atoms with Gasteiger partial charge in [-0.15, -0.1) is 0 Å². The van der Waals surface area contributed by atoms with E-state index in [0.29, 0.717) is 17.7 Å². The number of hydrogen-bond acceptors (Lipinski definition) is 1. The molecule has 2 heteroatoms. The van der Waals surface area contributed by atoms with E-state index in [2.05, 4.69) is 0 Å². The van der Waals surface area contributed by atoms with E-state index in [0.717, 1.165) is 23.1 Å². The van der Waals surface area contributed by atoms with Gasteiger partial charge in [0.15, 0.2) is 0 Å². The van der Waals surface area contributed by atoms with Crippen LogP contribution in [0.25, 0.3) is 0 Å². The number of benzene rings is 2. The molecule has 0 spiro atoms. The van der Waals surface area contributed by atoms with Gasteiger partial charge in [0.25, 0.3) is 0 Å². The van der Waals surface area contributed by atoms with Crippen molar-refractivity contribution in [3.8, 4) is 5.75 Å². The minimum absolute atomic E-state index is 0.226. The van der Waals surface area contributed by atoms with Crippen molar-refractivity contribution in [1.82, 2.24) is 0 Å². The summed E-state index contributed by atoms with van der Waals surface area (Å²) in [5, 5.41) is 10.1. The Morgan fingerprint density at radius 2 is 1.72 bits per heavy atom. The highest BCUT2D eigenvalue weighted by Gasteiger charge is 2.10. The van der Waals surface area contributed by atoms with Crippen LogP contribution in [0.3, 0.4) is 0 Å². The number of rotatable bonds is 3. The van der Waals surface area contributed by atoms with Crippen molar-refractivity contribution in [2.45, 2.75) is 26.7 Å². The molecule has 0 radical (unpaired) electrons. The van der Waals surface area contributed by atoms with Gasteiger partial charge in [0.05, 0.1) is 0 Å². The standard InChI is InChI=1S/C16H17FO/c1-3-12-8-11(2)9-14(16(12)18)10-13-6-4-5-7-15(13)17/h4-9,18H,3,10H2,1-2H3. The Morgan fingerprint density at radius 1 is 1.06 bits per heavy atom. The smallest absolute Gasteiger partial charge is 0.126 e. The van der Waals surface area contributed by atoms with Crippen molar-refractivity contribution in [2.24, 2.45) is 0 Å². The first kappa shape index (κ1) is 12.6. The van der Waals surface area contributed by atoms with E-state index in [1.807, 2.05) is 32.0 Å². The normalized spacial score (nSPS) is 10.6. The van der Waals surface area contributed by atoms with Gasteiger partial charge in [-0.25, -0.2) is 4.39 Å². The maximum absolute atomic E-state index is 13.6. The molecule has 1 N–H and O–H groups in total. The molecule has 2 aromatic rings. The van der Waals surface area contributed by atoms with Crippen LogP contribution in [0, 0.1) is 12.7 Å². The topological polar surface area (TPSA) is 20.2 Å². The Kier molecular flexibility index (Phi) is 3.66. The highest BCUT2D eigenvalue weighted by atomic mass is 19.1. The molecule has 0 atom stereocenters. The molecule has 1 nitrogen and oxygen atoms in total. The van der Waals surface area contributed by atoms with Gasteiger partial charge in [0.1, 0.15) is 11.6 Å². The zero-order chi connectivity index (χ0) is 13.1. The second-order valence-electron chi connectivity index (χ2n) is 4.55.